The van der Waals surface area contributed by atoms with Gasteiger partial charge in [-0.15, -0.1) is 0 Å². The van der Waals surface area contributed by atoms with Gasteiger partial charge in [-0.2, -0.15) is 0 Å². The molecule has 3 rings (SSSR count). The third kappa shape index (κ3) is 4.28. The number of amides is 2. The monoisotopic (exact) mass is 338 g/mol. The second-order valence-electron chi connectivity index (χ2n) is 7.46. The lowest BCUT2D eigenvalue weighted by Crippen LogP contribution is -2.51. The zero-order valence-corrected chi connectivity index (χ0v) is 14.6. The van der Waals surface area contributed by atoms with Gasteiger partial charge in [0.25, 0.3) is 0 Å². The maximum absolute atomic E-state index is 12.4. The SMILES string of the molecule is C[C@@H](NC(=O)C1CCCCC1)C(=O)NC1CCC2(CC1)OCCO2. The molecule has 24 heavy (non-hydrogen) atoms. The summed E-state index contributed by atoms with van der Waals surface area (Å²) < 4.78 is 11.4. The molecule has 1 saturated heterocycles. The largest absolute Gasteiger partial charge is 0.352 e. The first kappa shape index (κ1) is 17.7. The normalized spacial score (nSPS) is 26.2. The summed E-state index contributed by atoms with van der Waals surface area (Å²) in [4.78, 5) is 24.6. The molecule has 2 saturated carbocycles. The molecular formula is C18H30N2O4. The minimum Gasteiger partial charge on any atom is -0.352 e. The molecule has 1 aliphatic heterocycles. The summed E-state index contributed by atoms with van der Waals surface area (Å²) in [6, 6.07) is -0.334. The fraction of sp³-hybridized carbons (Fsp3) is 0.889. The molecule has 3 aliphatic rings. The molecule has 0 unspecified atom stereocenters. The van der Waals surface area contributed by atoms with Gasteiger partial charge in [0, 0.05) is 24.8 Å². The third-order valence-electron chi connectivity index (χ3n) is 5.64. The quantitative estimate of drug-likeness (QED) is 0.820. The fourth-order valence-corrected chi connectivity index (χ4v) is 4.08. The summed E-state index contributed by atoms with van der Waals surface area (Å²) in [7, 11) is 0. The van der Waals surface area contributed by atoms with Crippen molar-refractivity contribution < 1.29 is 19.1 Å². The van der Waals surface area contributed by atoms with Gasteiger partial charge in [0.1, 0.15) is 6.04 Å². The molecule has 0 radical (unpaired) electrons. The predicted molar refractivity (Wildman–Crippen MR) is 89.2 cm³/mol. The van der Waals surface area contributed by atoms with Gasteiger partial charge in [-0.1, -0.05) is 19.3 Å². The van der Waals surface area contributed by atoms with E-state index >= 15 is 0 Å². The van der Waals surface area contributed by atoms with E-state index in [1.165, 1.54) is 6.42 Å². The van der Waals surface area contributed by atoms with E-state index in [1.54, 1.807) is 6.92 Å². The summed E-state index contributed by atoms with van der Waals surface area (Å²) in [6.45, 7) is 3.10. The molecule has 0 aromatic heterocycles. The molecule has 2 amide bonds. The van der Waals surface area contributed by atoms with Crippen molar-refractivity contribution >= 4 is 11.8 Å². The van der Waals surface area contributed by atoms with Gasteiger partial charge in [-0.25, -0.2) is 0 Å². The average molecular weight is 338 g/mol. The zero-order valence-electron chi connectivity index (χ0n) is 14.6. The molecule has 0 aromatic carbocycles. The number of ether oxygens (including phenoxy) is 2. The molecule has 6 heteroatoms. The van der Waals surface area contributed by atoms with Crippen LogP contribution in [0, 0.1) is 5.92 Å². The Labute approximate surface area is 144 Å². The lowest BCUT2D eigenvalue weighted by atomic mass is 9.88. The Kier molecular flexibility index (Phi) is 5.76. The van der Waals surface area contributed by atoms with E-state index in [-0.39, 0.29) is 23.8 Å². The minimum absolute atomic E-state index is 0.0349. The van der Waals surface area contributed by atoms with Crippen LogP contribution in [0.5, 0.6) is 0 Å². The van der Waals surface area contributed by atoms with Crippen molar-refractivity contribution in [2.45, 2.75) is 82.6 Å². The Balaban J connectivity index is 1.40. The van der Waals surface area contributed by atoms with E-state index in [4.69, 9.17) is 9.47 Å². The van der Waals surface area contributed by atoms with Crippen LogP contribution in [0.1, 0.15) is 64.7 Å². The van der Waals surface area contributed by atoms with Gasteiger partial charge in [0.2, 0.25) is 11.8 Å². The van der Waals surface area contributed by atoms with Crippen molar-refractivity contribution in [2.75, 3.05) is 13.2 Å². The second-order valence-corrected chi connectivity index (χ2v) is 7.46. The first-order valence-electron chi connectivity index (χ1n) is 9.47. The van der Waals surface area contributed by atoms with Crippen molar-refractivity contribution in [1.29, 1.82) is 0 Å². The number of nitrogens with one attached hydrogen (secondary N) is 2. The highest BCUT2D eigenvalue weighted by Gasteiger charge is 2.40. The molecule has 6 nitrogen and oxygen atoms in total. The van der Waals surface area contributed by atoms with Gasteiger partial charge in [-0.05, 0) is 32.6 Å². The maximum atomic E-state index is 12.4. The van der Waals surface area contributed by atoms with Crippen LogP contribution in [0.25, 0.3) is 0 Å². The zero-order chi connectivity index (χ0) is 17.0. The first-order valence-corrected chi connectivity index (χ1v) is 9.47. The van der Waals surface area contributed by atoms with E-state index in [2.05, 4.69) is 10.6 Å². The number of rotatable bonds is 4. The van der Waals surface area contributed by atoms with Crippen molar-refractivity contribution in [3.05, 3.63) is 0 Å². The van der Waals surface area contributed by atoms with Crippen LogP contribution in [0.2, 0.25) is 0 Å². The molecule has 0 aromatic rings. The summed E-state index contributed by atoms with van der Waals surface area (Å²) in [5.74, 6) is -0.372. The lowest BCUT2D eigenvalue weighted by molar-refractivity contribution is -0.180. The van der Waals surface area contributed by atoms with Crippen molar-refractivity contribution in [3.63, 3.8) is 0 Å². The molecule has 1 heterocycles. The van der Waals surface area contributed by atoms with Crippen molar-refractivity contribution in [2.24, 2.45) is 5.92 Å². The van der Waals surface area contributed by atoms with Gasteiger partial charge < -0.3 is 20.1 Å². The molecule has 3 fully saturated rings. The highest BCUT2D eigenvalue weighted by atomic mass is 16.7. The summed E-state index contributed by atoms with van der Waals surface area (Å²) >= 11 is 0. The van der Waals surface area contributed by atoms with Crippen LogP contribution in [-0.4, -0.2) is 42.9 Å². The highest BCUT2D eigenvalue weighted by Crippen LogP contribution is 2.35. The third-order valence-corrected chi connectivity index (χ3v) is 5.64. The topological polar surface area (TPSA) is 76.7 Å². The summed E-state index contributed by atoms with van der Waals surface area (Å²) in [5, 5.41) is 5.96. The van der Waals surface area contributed by atoms with Gasteiger partial charge in [0.15, 0.2) is 5.79 Å². The molecule has 0 bridgehead atoms. The number of carbonyl (C=O) groups is 2. The van der Waals surface area contributed by atoms with Crippen molar-refractivity contribution in [1.82, 2.24) is 10.6 Å². The lowest BCUT2D eigenvalue weighted by Gasteiger charge is -2.36. The molecule has 1 spiro atoms. The number of hydrogen-bond donors (Lipinski definition) is 2. The van der Waals surface area contributed by atoms with Crippen LogP contribution in [0.4, 0.5) is 0 Å². The second kappa shape index (κ2) is 7.83. The van der Waals surface area contributed by atoms with Gasteiger partial charge >= 0.3 is 0 Å². The Hall–Kier alpha value is -1.14. The van der Waals surface area contributed by atoms with Gasteiger partial charge in [-0.3, -0.25) is 9.59 Å². The Bertz CT molecular complexity index is 446. The summed E-state index contributed by atoms with van der Waals surface area (Å²) in [5.41, 5.74) is 0. The molecule has 136 valence electrons. The molecule has 1 atom stereocenters. The molecular weight excluding hydrogens is 308 g/mol. The van der Waals surface area contributed by atoms with Crippen LogP contribution >= 0.6 is 0 Å². The van der Waals surface area contributed by atoms with E-state index in [0.717, 1.165) is 51.4 Å². The van der Waals surface area contributed by atoms with Crippen LogP contribution < -0.4 is 10.6 Å². The summed E-state index contributed by atoms with van der Waals surface area (Å²) in [6.07, 6.45) is 8.71. The standard InChI is InChI=1S/C18H30N2O4/c1-13(19-17(22)14-5-3-2-4-6-14)16(21)20-15-7-9-18(10-8-15)23-11-12-24-18/h13-15H,2-12H2,1H3,(H,19,22)(H,20,21)/t13-/m1/s1. The maximum Gasteiger partial charge on any atom is 0.242 e. The van der Waals surface area contributed by atoms with Crippen LogP contribution in [0.15, 0.2) is 0 Å². The van der Waals surface area contributed by atoms with E-state index in [0.29, 0.717) is 13.2 Å². The highest BCUT2D eigenvalue weighted by molar-refractivity contribution is 5.88. The van der Waals surface area contributed by atoms with Crippen LogP contribution in [0.3, 0.4) is 0 Å². The van der Waals surface area contributed by atoms with Crippen LogP contribution in [-0.2, 0) is 19.1 Å². The fourth-order valence-electron chi connectivity index (χ4n) is 4.08. The Morgan fingerprint density at radius 2 is 1.62 bits per heavy atom. The predicted octanol–water partition coefficient (Wildman–Crippen LogP) is 1.87. The minimum atomic E-state index is -0.478. The smallest absolute Gasteiger partial charge is 0.242 e. The van der Waals surface area contributed by atoms with Gasteiger partial charge in [0.05, 0.1) is 13.2 Å². The molecule has 2 aliphatic carbocycles. The van der Waals surface area contributed by atoms with E-state index in [1.807, 2.05) is 0 Å². The number of carbonyl (C=O) groups excluding carboxylic acids is 2. The average Bonchev–Trinajstić information content (AvgIpc) is 3.06. The van der Waals surface area contributed by atoms with E-state index < -0.39 is 11.8 Å². The first-order chi connectivity index (χ1) is 11.6. The Morgan fingerprint density at radius 3 is 2.25 bits per heavy atom. The Morgan fingerprint density at radius 1 is 1.00 bits per heavy atom. The number of hydrogen-bond acceptors (Lipinski definition) is 4. The molecule has 2 N–H and O–H groups in total. The van der Waals surface area contributed by atoms with E-state index in [9.17, 15) is 9.59 Å². The van der Waals surface area contributed by atoms with Crippen molar-refractivity contribution in [3.8, 4) is 0 Å².